The maximum atomic E-state index is 8.51. The molecule has 0 fully saturated rings. The van der Waals surface area contributed by atoms with E-state index in [9.17, 15) is 0 Å². The zero-order valence-corrected chi connectivity index (χ0v) is 6.30. The van der Waals surface area contributed by atoms with Crippen LogP contribution >= 0.6 is 8.60 Å². The summed E-state index contributed by atoms with van der Waals surface area (Å²) in [5, 5.41) is 8.51. The highest BCUT2D eigenvalue weighted by Gasteiger charge is 2.20. The van der Waals surface area contributed by atoms with Gasteiger partial charge in [-0.1, -0.05) is 0 Å². The van der Waals surface area contributed by atoms with Crippen molar-refractivity contribution in [3.05, 3.63) is 0 Å². The molecular formula is C4H11O4P. The molecule has 0 aromatic carbocycles. The van der Waals surface area contributed by atoms with Crippen molar-refractivity contribution in [1.82, 2.24) is 0 Å². The van der Waals surface area contributed by atoms with Crippen LogP contribution in [0.25, 0.3) is 0 Å². The molecule has 9 heavy (non-hydrogen) atoms. The average Bonchev–Trinajstić information content (AvgIpc) is 1.63. The molecule has 4 nitrogen and oxygen atoms in total. The molecule has 0 bridgehead atoms. The Bertz CT molecular complexity index is 82.6. The van der Waals surface area contributed by atoms with Gasteiger partial charge in [-0.2, -0.15) is 0 Å². The first kappa shape index (κ1) is 9.27. The predicted octanol–water partition coefficient (Wildman–Crippen LogP) is -0.0146. The maximum Gasteiger partial charge on any atom is 0.327 e. The van der Waals surface area contributed by atoms with Crippen LogP contribution in [0.4, 0.5) is 0 Å². The van der Waals surface area contributed by atoms with Crippen LogP contribution in [0.2, 0.25) is 0 Å². The number of aliphatic hydroxyl groups is 1. The number of aliphatic hydroxyl groups excluding tert-OH is 1. The van der Waals surface area contributed by atoms with Gasteiger partial charge in [0.25, 0.3) is 0 Å². The molecule has 0 aliphatic heterocycles. The van der Waals surface area contributed by atoms with E-state index in [2.05, 4.69) is 4.52 Å². The lowest BCUT2D eigenvalue weighted by atomic mass is 10.2. The van der Waals surface area contributed by atoms with Crippen molar-refractivity contribution in [2.75, 3.05) is 6.61 Å². The molecule has 0 aromatic heterocycles. The summed E-state index contributed by atoms with van der Waals surface area (Å²) in [6.07, 6.45) is 0. The van der Waals surface area contributed by atoms with Gasteiger partial charge in [-0.15, -0.1) is 0 Å². The number of hydrogen-bond donors (Lipinski definition) is 3. The largest absolute Gasteiger partial charge is 0.393 e. The van der Waals surface area contributed by atoms with E-state index in [0.29, 0.717) is 0 Å². The van der Waals surface area contributed by atoms with Crippen LogP contribution in [0.3, 0.4) is 0 Å². The highest BCUT2D eigenvalue weighted by atomic mass is 31.2. The van der Waals surface area contributed by atoms with Gasteiger partial charge in [-0.3, -0.25) is 0 Å². The van der Waals surface area contributed by atoms with Crippen LogP contribution in [0.15, 0.2) is 0 Å². The van der Waals surface area contributed by atoms with Crippen LogP contribution in [0, 0.1) is 0 Å². The average molecular weight is 154 g/mol. The van der Waals surface area contributed by atoms with Gasteiger partial charge in [0, 0.05) is 0 Å². The molecule has 0 atom stereocenters. The third-order valence-corrected chi connectivity index (χ3v) is 1.37. The minimum absolute atomic E-state index is 0.229. The Morgan fingerprint density at radius 1 is 1.44 bits per heavy atom. The fourth-order valence-electron chi connectivity index (χ4n) is 0.250. The van der Waals surface area contributed by atoms with Gasteiger partial charge in [0.1, 0.15) is 0 Å². The summed E-state index contributed by atoms with van der Waals surface area (Å²) in [7, 11) is -2.35. The second kappa shape index (κ2) is 3.44. The summed E-state index contributed by atoms with van der Waals surface area (Å²) in [6, 6.07) is 0. The van der Waals surface area contributed by atoms with Gasteiger partial charge in [0.05, 0.1) is 12.2 Å². The van der Waals surface area contributed by atoms with Crippen molar-refractivity contribution in [3.8, 4) is 0 Å². The van der Waals surface area contributed by atoms with Crippen LogP contribution in [0.5, 0.6) is 0 Å². The first-order valence-electron chi connectivity index (χ1n) is 2.46. The summed E-state index contributed by atoms with van der Waals surface area (Å²) in [5.74, 6) is 0. The molecule has 0 aliphatic rings. The quantitative estimate of drug-likeness (QED) is 0.500. The van der Waals surface area contributed by atoms with Crippen molar-refractivity contribution in [2.24, 2.45) is 0 Å². The molecule has 56 valence electrons. The van der Waals surface area contributed by atoms with E-state index in [0.717, 1.165) is 0 Å². The molecule has 0 unspecified atom stereocenters. The summed E-state index contributed by atoms with van der Waals surface area (Å²) in [4.78, 5) is 16.6. The number of rotatable bonds is 3. The van der Waals surface area contributed by atoms with Crippen molar-refractivity contribution >= 4 is 8.60 Å². The zero-order chi connectivity index (χ0) is 7.49. The standard InChI is InChI=1S/C4H11O4P/c1-4(2,3-5)8-9(6)7/h5-7H,3H2,1-2H3. The van der Waals surface area contributed by atoms with Crippen molar-refractivity contribution < 1.29 is 19.4 Å². The first-order chi connectivity index (χ1) is 3.98. The molecule has 0 aliphatic carbocycles. The Morgan fingerprint density at radius 2 is 1.89 bits per heavy atom. The predicted molar refractivity (Wildman–Crippen MR) is 33.6 cm³/mol. The van der Waals surface area contributed by atoms with Gasteiger partial charge in [0.2, 0.25) is 0 Å². The second-order valence-electron chi connectivity index (χ2n) is 2.26. The molecule has 5 heteroatoms. The molecule has 0 saturated carbocycles. The minimum Gasteiger partial charge on any atom is -0.393 e. The Hall–Kier alpha value is 0.270. The normalized spacial score (nSPS) is 12.7. The molecule has 0 heterocycles. The first-order valence-corrected chi connectivity index (χ1v) is 3.62. The van der Waals surface area contributed by atoms with Crippen LogP contribution in [0.1, 0.15) is 13.8 Å². The van der Waals surface area contributed by atoms with E-state index in [4.69, 9.17) is 14.9 Å². The zero-order valence-electron chi connectivity index (χ0n) is 5.40. The molecule has 0 amide bonds. The monoisotopic (exact) mass is 154 g/mol. The lowest BCUT2D eigenvalue weighted by molar-refractivity contribution is 0.0308. The summed E-state index contributed by atoms with van der Waals surface area (Å²) >= 11 is 0. The van der Waals surface area contributed by atoms with Gasteiger partial charge in [-0.05, 0) is 13.8 Å². The molecule has 0 aromatic rings. The molecule has 0 radical (unpaired) electrons. The van der Waals surface area contributed by atoms with Gasteiger partial charge in [-0.25, -0.2) is 0 Å². The summed E-state index contributed by atoms with van der Waals surface area (Å²) in [6.45, 7) is 2.90. The molecule has 0 spiro atoms. The van der Waals surface area contributed by atoms with Crippen molar-refractivity contribution in [1.29, 1.82) is 0 Å². The van der Waals surface area contributed by atoms with Crippen molar-refractivity contribution in [2.45, 2.75) is 19.4 Å². The Kier molecular flexibility index (Phi) is 3.54. The van der Waals surface area contributed by atoms with Crippen molar-refractivity contribution in [3.63, 3.8) is 0 Å². The Balaban J connectivity index is 3.58. The summed E-state index contributed by atoms with van der Waals surface area (Å²) in [5.41, 5.74) is -0.852. The fraction of sp³-hybridized carbons (Fsp3) is 1.00. The van der Waals surface area contributed by atoms with Gasteiger partial charge >= 0.3 is 8.60 Å². The highest BCUT2D eigenvalue weighted by Crippen LogP contribution is 2.31. The fourth-order valence-corrected chi connectivity index (χ4v) is 0.750. The Labute approximate surface area is 55.1 Å². The van der Waals surface area contributed by atoms with Crippen LogP contribution < -0.4 is 0 Å². The minimum atomic E-state index is -2.35. The SMILES string of the molecule is CC(C)(CO)OP(O)O. The lowest BCUT2D eigenvalue weighted by Crippen LogP contribution is -2.26. The van der Waals surface area contributed by atoms with Gasteiger partial charge in [0.15, 0.2) is 0 Å². The van der Waals surface area contributed by atoms with Crippen LogP contribution in [-0.4, -0.2) is 27.1 Å². The maximum absolute atomic E-state index is 8.51. The van der Waals surface area contributed by atoms with E-state index >= 15 is 0 Å². The smallest absolute Gasteiger partial charge is 0.327 e. The second-order valence-corrected chi connectivity index (χ2v) is 2.95. The molecule has 0 saturated heterocycles. The van der Waals surface area contributed by atoms with E-state index in [1.54, 1.807) is 13.8 Å². The van der Waals surface area contributed by atoms with E-state index in [1.807, 2.05) is 0 Å². The third-order valence-electron chi connectivity index (χ3n) is 0.710. The van der Waals surface area contributed by atoms with E-state index < -0.39 is 14.2 Å². The summed E-state index contributed by atoms with van der Waals surface area (Å²) < 4.78 is 4.51. The number of hydrogen-bond acceptors (Lipinski definition) is 4. The Morgan fingerprint density at radius 3 is 2.00 bits per heavy atom. The third kappa shape index (κ3) is 4.75. The topological polar surface area (TPSA) is 69.9 Å². The van der Waals surface area contributed by atoms with Crippen LogP contribution in [-0.2, 0) is 4.52 Å². The molecule has 0 rings (SSSR count). The van der Waals surface area contributed by atoms with E-state index in [1.165, 1.54) is 0 Å². The molecule has 3 N–H and O–H groups in total. The van der Waals surface area contributed by atoms with E-state index in [-0.39, 0.29) is 6.61 Å². The lowest BCUT2D eigenvalue weighted by Gasteiger charge is -2.21. The molecular weight excluding hydrogens is 143 g/mol. The van der Waals surface area contributed by atoms with Gasteiger partial charge < -0.3 is 19.4 Å². The highest BCUT2D eigenvalue weighted by molar-refractivity contribution is 7.39.